The molecule has 2 saturated carbocycles. The number of carbonyl (C=O) groups excluding carboxylic acids is 2. The van der Waals surface area contributed by atoms with Gasteiger partial charge in [-0.1, -0.05) is 42.5 Å². The van der Waals surface area contributed by atoms with E-state index in [2.05, 4.69) is 46.7 Å². The minimum absolute atomic E-state index is 0.0647. The lowest BCUT2D eigenvalue weighted by Gasteiger charge is -2.47. The summed E-state index contributed by atoms with van der Waals surface area (Å²) in [6, 6.07) is 14.5. The average Bonchev–Trinajstić information content (AvgIpc) is 3.15. The van der Waals surface area contributed by atoms with Crippen molar-refractivity contribution in [1.82, 2.24) is 10.3 Å². The molecule has 1 aliphatic heterocycles. The van der Waals surface area contributed by atoms with Gasteiger partial charge in [-0.2, -0.15) is 0 Å². The molecule has 2 aromatic rings. The topological polar surface area (TPSA) is 77.5 Å². The zero-order valence-electron chi connectivity index (χ0n) is 20.4. The highest BCUT2D eigenvalue weighted by molar-refractivity contribution is 5.75. The fourth-order valence-electron chi connectivity index (χ4n) is 6.60. The van der Waals surface area contributed by atoms with E-state index in [1.807, 2.05) is 38.2 Å². The van der Waals surface area contributed by atoms with Crippen molar-refractivity contribution in [3.63, 3.8) is 0 Å². The fraction of sp³-hybridized carbons (Fsp3) is 0.483. The monoisotopic (exact) mass is 474 g/mol. The number of fused-ring (bicyclic) bond motifs is 2. The summed E-state index contributed by atoms with van der Waals surface area (Å²) in [5, 5.41) is 3.02. The number of aromatic nitrogens is 1. The van der Waals surface area contributed by atoms with Crippen molar-refractivity contribution >= 4 is 18.1 Å². The van der Waals surface area contributed by atoms with Gasteiger partial charge in [0.15, 0.2) is 0 Å². The molecule has 1 N–H and O–H groups in total. The number of cyclic esters (lactones) is 1. The first kappa shape index (κ1) is 23.6. The van der Waals surface area contributed by atoms with Gasteiger partial charge in [0, 0.05) is 23.7 Å². The highest BCUT2D eigenvalue weighted by atomic mass is 16.6. The molecule has 2 heterocycles. The minimum atomic E-state index is -0.347. The molecular formula is C29H34N2O4. The first-order valence-electron chi connectivity index (χ1n) is 12.9. The van der Waals surface area contributed by atoms with E-state index in [1.54, 1.807) is 0 Å². The number of esters is 1. The third-order valence-corrected chi connectivity index (χ3v) is 8.13. The summed E-state index contributed by atoms with van der Waals surface area (Å²) in [5.41, 5.74) is 3.16. The first-order valence-corrected chi connectivity index (χ1v) is 12.9. The maximum absolute atomic E-state index is 12.7. The highest BCUT2D eigenvalue weighted by Gasteiger charge is 2.54. The maximum atomic E-state index is 12.7. The molecule has 1 aromatic carbocycles. The van der Waals surface area contributed by atoms with Crippen molar-refractivity contribution in [3.05, 3.63) is 60.4 Å². The van der Waals surface area contributed by atoms with Crippen LogP contribution in [0.5, 0.6) is 0 Å². The second kappa shape index (κ2) is 10.2. The van der Waals surface area contributed by atoms with Gasteiger partial charge in [-0.25, -0.2) is 4.79 Å². The number of ether oxygens (including phenoxy) is 2. The molecule has 0 bridgehead atoms. The van der Waals surface area contributed by atoms with Gasteiger partial charge in [0.2, 0.25) is 0 Å². The molecule has 5 rings (SSSR count). The molecule has 1 saturated heterocycles. The summed E-state index contributed by atoms with van der Waals surface area (Å²) in [6.45, 7) is 4.21. The molecule has 7 atom stereocenters. The molecule has 35 heavy (non-hydrogen) atoms. The van der Waals surface area contributed by atoms with Crippen LogP contribution < -0.4 is 5.32 Å². The molecular weight excluding hydrogens is 440 g/mol. The molecule has 0 spiro atoms. The summed E-state index contributed by atoms with van der Waals surface area (Å²) in [7, 11) is 0. The van der Waals surface area contributed by atoms with Crippen LogP contribution in [0.25, 0.3) is 17.2 Å². The molecule has 184 valence electrons. The van der Waals surface area contributed by atoms with E-state index in [4.69, 9.17) is 9.47 Å². The van der Waals surface area contributed by atoms with Gasteiger partial charge in [-0.3, -0.25) is 9.78 Å². The van der Waals surface area contributed by atoms with Crippen LogP contribution in [0.3, 0.4) is 0 Å². The third-order valence-electron chi connectivity index (χ3n) is 8.13. The molecule has 1 aromatic heterocycles. The number of benzene rings is 1. The predicted octanol–water partition coefficient (Wildman–Crippen LogP) is 5.49. The molecule has 0 radical (unpaired) electrons. The van der Waals surface area contributed by atoms with Crippen molar-refractivity contribution in [1.29, 1.82) is 0 Å². The number of rotatable bonds is 5. The Hall–Kier alpha value is -3.15. The Kier molecular flexibility index (Phi) is 6.89. The van der Waals surface area contributed by atoms with Crippen molar-refractivity contribution in [2.24, 2.45) is 29.6 Å². The normalized spacial score (nSPS) is 31.9. The zero-order valence-corrected chi connectivity index (χ0v) is 20.4. The molecule has 3 aliphatic rings. The van der Waals surface area contributed by atoms with Gasteiger partial charge < -0.3 is 14.8 Å². The lowest BCUT2D eigenvalue weighted by atomic mass is 9.57. The average molecular weight is 475 g/mol. The summed E-state index contributed by atoms with van der Waals surface area (Å²) in [4.78, 5) is 29.3. The largest absolute Gasteiger partial charge is 0.462 e. The van der Waals surface area contributed by atoms with E-state index in [0.717, 1.165) is 42.5 Å². The van der Waals surface area contributed by atoms with Crippen LogP contribution in [0.2, 0.25) is 0 Å². The number of nitrogens with zero attached hydrogens (tertiary/aromatic N) is 1. The van der Waals surface area contributed by atoms with Crippen LogP contribution in [-0.2, 0) is 14.3 Å². The smallest absolute Gasteiger partial charge is 0.407 e. The zero-order chi connectivity index (χ0) is 24.4. The van der Waals surface area contributed by atoms with E-state index in [-0.39, 0.29) is 42.0 Å². The summed E-state index contributed by atoms with van der Waals surface area (Å²) in [6.07, 6.45) is 9.53. The van der Waals surface area contributed by atoms with E-state index in [0.29, 0.717) is 18.4 Å². The van der Waals surface area contributed by atoms with Gasteiger partial charge >= 0.3 is 12.1 Å². The number of nitrogens with one attached hydrogen (secondary N) is 1. The Morgan fingerprint density at radius 1 is 1.14 bits per heavy atom. The quantitative estimate of drug-likeness (QED) is 0.580. The Labute approximate surface area is 207 Å². The number of allylic oxidation sites excluding steroid dienone is 1. The van der Waals surface area contributed by atoms with Crippen LogP contribution in [0.15, 0.2) is 54.7 Å². The lowest BCUT2D eigenvalue weighted by Crippen LogP contribution is -2.48. The Bertz CT molecular complexity index is 1070. The molecule has 6 nitrogen and oxygen atoms in total. The van der Waals surface area contributed by atoms with Gasteiger partial charge in [0.1, 0.15) is 6.10 Å². The minimum Gasteiger partial charge on any atom is -0.462 e. The third kappa shape index (κ3) is 4.97. The number of alkyl carbamates (subject to hydrolysis) is 1. The number of amides is 1. The summed E-state index contributed by atoms with van der Waals surface area (Å²) in [5.74, 6) is 1.14. The summed E-state index contributed by atoms with van der Waals surface area (Å²) >= 11 is 0. The van der Waals surface area contributed by atoms with E-state index in [9.17, 15) is 9.59 Å². The van der Waals surface area contributed by atoms with E-state index >= 15 is 0 Å². The molecule has 3 fully saturated rings. The van der Waals surface area contributed by atoms with Crippen molar-refractivity contribution < 1.29 is 19.1 Å². The van der Waals surface area contributed by atoms with Crippen LogP contribution in [0.4, 0.5) is 4.79 Å². The van der Waals surface area contributed by atoms with E-state index < -0.39 is 0 Å². The van der Waals surface area contributed by atoms with Gasteiger partial charge in [0.25, 0.3) is 0 Å². The SMILES string of the molecule is CCOC(=O)N[C@H]1CC[C@@H]2[C@@H](C1)C[C@H]1C(=O)O[C@H](C)[C@H]1[C@H]2/C=C/c1ccc(-c2ccccc2)cn1. The number of pyridine rings is 1. The van der Waals surface area contributed by atoms with Crippen molar-refractivity contribution in [3.8, 4) is 11.1 Å². The fourth-order valence-corrected chi connectivity index (χ4v) is 6.60. The second-order valence-electron chi connectivity index (χ2n) is 10.1. The van der Waals surface area contributed by atoms with Crippen LogP contribution in [0, 0.1) is 29.6 Å². The highest BCUT2D eigenvalue weighted by Crippen LogP contribution is 2.53. The number of carbonyl (C=O) groups is 2. The lowest BCUT2D eigenvalue weighted by molar-refractivity contribution is -0.144. The Morgan fingerprint density at radius 2 is 1.97 bits per heavy atom. The molecule has 1 amide bonds. The molecule has 6 heteroatoms. The molecule has 0 unspecified atom stereocenters. The predicted molar refractivity (Wildman–Crippen MR) is 134 cm³/mol. The second-order valence-corrected chi connectivity index (χ2v) is 10.1. The van der Waals surface area contributed by atoms with Crippen LogP contribution in [0.1, 0.15) is 45.2 Å². The van der Waals surface area contributed by atoms with Gasteiger partial charge in [0.05, 0.1) is 18.2 Å². The van der Waals surface area contributed by atoms with Gasteiger partial charge in [-0.05, 0) is 75.0 Å². The standard InChI is InChI=1S/C29H34N2O4/c1-3-34-29(33)31-23-12-13-24-21(15-23)16-26-27(18(2)35-28(26)32)25(24)14-11-22-10-9-20(17-30-22)19-7-5-4-6-8-19/h4-11,14,17-18,21,23-27H,3,12-13,15-16H2,1-2H3,(H,31,33)/b14-11+/t18-,21+,23+,24-,25+,26-,27+/m1/s1. The van der Waals surface area contributed by atoms with Crippen molar-refractivity contribution in [2.45, 2.75) is 51.7 Å². The Balaban J connectivity index is 1.34. The summed E-state index contributed by atoms with van der Waals surface area (Å²) < 4.78 is 10.8. The maximum Gasteiger partial charge on any atom is 0.407 e. The van der Waals surface area contributed by atoms with Crippen molar-refractivity contribution in [2.75, 3.05) is 6.61 Å². The van der Waals surface area contributed by atoms with Crippen LogP contribution >= 0.6 is 0 Å². The number of hydrogen-bond donors (Lipinski definition) is 1. The van der Waals surface area contributed by atoms with Gasteiger partial charge in [-0.15, -0.1) is 0 Å². The number of hydrogen-bond acceptors (Lipinski definition) is 5. The van der Waals surface area contributed by atoms with E-state index in [1.165, 1.54) is 0 Å². The Morgan fingerprint density at radius 3 is 2.71 bits per heavy atom. The molecule has 2 aliphatic carbocycles. The first-order chi connectivity index (χ1) is 17.0. The van der Waals surface area contributed by atoms with Crippen LogP contribution in [-0.4, -0.2) is 35.8 Å².